The number of rotatable bonds is 6. The fraction of sp³-hybridized carbons (Fsp3) is 0.375. The van der Waals surface area contributed by atoms with Gasteiger partial charge in [-0.05, 0) is 48.6 Å². The van der Waals surface area contributed by atoms with Crippen LogP contribution in [0, 0.1) is 0 Å². The van der Waals surface area contributed by atoms with Gasteiger partial charge in [0.25, 0.3) is 0 Å². The van der Waals surface area contributed by atoms with E-state index in [4.69, 9.17) is 16.3 Å². The Hall–Kier alpha value is -0.920. The molecule has 0 amide bonds. The molecule has 0 aliphatic carbocycles. The Morgan fingerprint density at radius 3 is 2.65 bits per heavy atom. The van der Waals surface area contributed by atoms with Crippen molar-refractivity contribution < 1.29 is 13.2 Å². The molecule has 0 saturated carbocycles. The molecule has 2 heterocycles. The van der Waals surface area contributed by atoms with Crippen molar-refractivity contribution in [2.75, 3.05) is 13.2 Å². The van der Waals surface area contributed by atoms with E-state index in [0.717, 1.165) is 17.7 Å². The summed E-state index contributed by atoms with van der Waals surface area (Å²) in [7, 11) is -3.58. The van der Waals surface area contributed by atoms with Gasteiger partial charge in [-0.25, -0.2) is 8.42 Å². The van der Waals surface area contributed by atoms with Crippen LogP contribution in [0.1, 0.15) is 17.7 Å². The van der Waals surface area contributed by atoms with E-state index in [9.17, 15) is 8.42 Å². The summed E-state index contributed by atoms with van der Waals surface area (Å²) >= 11 is 7.42. The van der Waals surface area contributed by atoms with Gasteiger partial charge in [0.05, 0.1) is 11.0 Å². The van der Waals surface area contributed by atoms with Crippen LogP contribution in [-0.2, 0) is 21.3 Å². The van der Waals surface area contributed by atoms with Crippen LogP contribution in [0.4, 0.5) is 0 Å². The van der Waals surface area contributed by atoms with Crippen molar-refractivity contribution in [1.29, 1.82) is 0 Å². The minimum Gasteiger partial charge on any atom is -0.377 e. The summed E-state index contributed by atoms with van der Waals surface area (Å²) in [6.07, 6.45) is 1.85. The molecule has 7 heteroatoms. The van der Waals surface area contributed by atoms with Gasteiger partial charge in [0.15, 0.2) is 0 Å². The number of benzene rings is 1. The molecule has 4 nitrogen and oxygen atoms in total. The molecule has 1 aliphatic rings. The first-order valence-electron chi connectivity index (χ1n) is 7.45. The molecule has 2 aromatic rings. The highest BCUT2D eigenvalue weighted by Gasteiger charge is 2.29. The molecule has 1 atom stereocenters. The van der Waals surface area contributed by atoms with E-state index >= 15 is 0 Å². The van der Waals surface area contributed by atoms with E-state index in [1.54, 1.807) is 35.6 Å². The van der Waals surface area contributed by atoms with Gasteiger partial charge in [-0.1, -0.05) is 17.7 Å². The lowest BCUT2D eigenvalue weighted by Crippen LogP contribution is -2.36. The Balaban J connectivity index is 1.87. The predicted octanol–water partition coefficient (Wildman–Crippen LogP) is 3.77. The standard InChI is InChI=1S/C16H18ClNO3S2/c17-13-5-7-16(8-6-13)23(19,20)18(11-14-3-1-9-21-14)12-15-4-2-10-22-15/h2,4-8,10,14H,1,3,9,11-12H2/t14-/m1/s1. The van der Waals surface area contributed by atoms with Crippen molar-refractivity contribution in [1.82, 2.24) is 4.31 Å². The lowest BCUT2D eigenvalue weighted by molar-refractivity contribution is 0.0927. The maximum atomic E-state index is 13.0. The van der Waals surface area contributed by atoms with E-state index in [-0.39, 0.29) is 11.0 Å². The molecule has 0 unspecified atom stereocenters. The number of sulfonamides is 1. The highest BCUT2D eigenvalue weighted by molar-refractivity contribution is 7.89. The van der Waals surface area contributed by atoms with Gasteiger partial charge in [-0.3, -0.25) is 0 Å². The van der Waals surface area contributed by atoms with Crippen LogP contribution in [0.25, 0.3) is 0 Å². The van der Waals surface area contributed by atoms with Crippen molar-refractivity contribution in [2.24, 2.45) is 0 Å². The molecule has 1 saturated heterocycles. The highest BCUT2D eigenvalue weighted by Crippen LogP contribution is 2.24. The van der Waals surface area contributed by atoms with Crippen LogP contribution in [-0.4, -0.2) is 32.0 Å². The predicted molar refractivity (Wildman–Crippen MR) is 92.3 cm³/mol. The molecule has 124 valence electrons. The fourth-order valence-electron chi connectivity index (χ4n) is 2.60. The molecule has 0 N–H and O–H groups in total. The third-order valence-corrected chi connectivity index (χ3v) is 6.73. The highest BCUT2D eigenvalue weighted by atomic mass is 35.5. The zero-order valence-corrected chi connectivity index (χ0v) is 14.9. The summed E-state index contributed by atoms with van der Waals surface area (Å²) in [5.41, 5.74) is 0. The summed E-state index contributed by atoms with van der Waals surface area (Å²) in [6, 6.07) is 10.2. The van der Waals surface area contributed by atoms with Crippen LogP contribution in [0.5, 0.6) is 0 Å². The van der Waals surface area contributed by atoms with Crippen LogP contribution in [0.2, 0.25) is 5.02 Å². The zero-order chi connectivity index (χ0) is 16.3. The largest absolute Gasteiger partial charge is 0.377 e. The van der Waals surface area contributed by atoms with Crippen molar-refractivity contribution in [2.45, 2.75) is 30.4 Å². The topological polar surface area (TPSA) is 46.6 Å². The lowest BCUT2D eigenvalue weighted by atomic mass is 10.2. The number of hydrogen-bond donors (Lipinski definition) is 0. The second kappa shape index (κ2) is 7.32. The van der Waals surface area contributed by atoms with Gasteiger partial charge >= 0.3 is 0 Å². The number of halogens is 1. The summed E-state index contributed by atoms with van der Waals surface area (Å²) in [6.45, 7) is 1.45. The normalized spacial score (nSPS) is 18.6. The van der Waals surface area contributed by atoms with Crippen molar-refractivity contribution in [3.8, 4) is 0 Å². The molecular weight excluding hydrogens is 354 g/mol. The Morgan fingerprint density at radius 1 is 1.26 bits per heavy atom. The molecule has 0 spiro atoms. The van der Waals surface area contributed by atoms with Gasteiger partial charge in [0.2, 0.25) is 10.0 Å². The number of nitrogens with zero attached hydrogens (tertiary/aromatic N) is 1. The average molecular weight is 372 g/mol. The first kappa shape index (κ1) is 16.9. The summed E-state index contributed by atoms with van der Waals surface area (Å²) in [4.78, 5) is 1.27. The minimum atomic E-state index is -3.58. The molecular formula is C16H18ClNO3S2. The Morgan fingerprint density at radius 2 is 2.04 bits per heavy atom. The third-order valence-electron chi connectivity index (χ3n) is 3.79. The molecule has 1 aromatic carbocycles. The minimum absolute atomic E-state index is 0.0305. The zero-order valence-electron chi connectivity index (χ0n) is 12.5. The van der Waals surface area contributed by atoms with E-state index in [1.807, 2.05) is 17.5 Å². The first-order valence-corrected chi connectivity index (χ1v) is 10.2. The molecule has 23 heavy (non-hydrogen) atoms. The van der Waals surface area contributed by atoms with E-state index in [0.29, 0.717) is 24.7 Å². The number of hydrogen-bond acceptors (Lipinski definition) is 4. The van der Waals surface area contributed by atoms with Gasteiger partial charge < -0.3 is 4.74 Å². The molecule has 1 aromatic heterocycles. The third kappa shape index (κ3) is 4.14. The first-order chi connectivity index (χ1) is 11.1. The van der Waals surface area contributed by atoms with E-state index in [1.165, 1.54) is 4.31 Å². The Bertz CT molecular complexity index is 723. The van der Waals surface area contributed by atoms with Gasteiger partial charge in [0.1, 0.15) is 0 Å². The maximum Gasteiger partial charge on any atom is 0.243 e. The van der Waals surface area contributed by atoms with Crippen LogP contribution in [0.3, 0.4) is 0 Å². The van der Waals surface area contributed by atoms with E-state index in [2.05, 4.69) is 0 Å². The fourth-order valence-corrected chi connectivity index (χ4v) is 4.97. The average Bonchev–Trinajstić information content (AvgIpc) is 3.20. The molecule has 1 fully saturated rings. The second-order valence-corrected chi connectivity index (χ2v) is 8.87. The van der Waals surface area contributed by atoms with E-state index < -0.39 is 10.0 Å². The van der Waals surface area contributed by atoms with Crippen LogP contribution < -0.4 is 0 Å². The number of thiophene rings is 1. The second-order valence-electron chi connectivity index (χ2n) is 5.47. The molecule has 0 bridgehead atoms. The quantitative estimate of drug-likeness (QED) is 0.776. The van der Waals surface area contributed by atoms with Gasteiger partial charge in [-0.2, -0.15) is 4.31 Å². The van der Waals surface area contributed by atoms with Gasteiger partial charge in [0, 0.05) is 29.6 Å². The summed E-state index contributed by atoms with van der Waals surface area (Å²) in [5.74, 6) is 0. The Kier molecular flexibility index (Phi) is 5.38. The van der Waals surface area contributed by atoms with Crippen molar-refractivity contribution in [3.63, 3.8) is 0 Å². The molecule has 0 radical (unpaired) electrons. The molecule has 1 aliphatic heterocycles. The smallest absolute Gasteiger partial charge is 0.243 e. The van der Waals surface area contributed by atoms with Crippen LogP contribution >= 0.6 is 22.9 Å². The molecule has 3 rings (SSSR count). The Labute approximate surface area is 145 Å². The lowest BCUT2D eigenvalue weighted by Gasteiger charge is -2.24. The van der Waals surface area contributed by atoms with Crippen LogP contribution in [0.15, 0.2) is 46.7 Å². The SMILES string of the molecule is O=S(=O)(c1ccc(Cl)cc1)N(Cc1cccs1)C[C@H]1CCCO1. The van der Waals surface area contributed by atoms with Crippen molar-refractivity contribution in [3.05, 3.63) is 51.7 Å². The van der Waals surface area contributed by atoms with Gasteiger partial charge in [-0.15, -0.1) is 11.3 Å². The monoisotopic (exact) mass is 371 g/mol. The summed E-state index contributed by atoms with van der Waals surface area (Å²) in [5, 5.41) is 2.47. The van der Waals surface area contributed by atoms with Crippen molar-refractivity contribution >= 4 is 33.0 Å². The maximum absolute atomic E-state index is 13.0. The summed E-state index contributed by atoms with van der Waals surface area (Å²) < 4.78 is 33.1. The number of ether oxygens (including phenoxy) is 1.